The van der Waals surface area contributed by atoms with Gasteiger partial charge in [0.1, 0.15) is 0 Å². The molecule has 2 aromatic heterocycles. The summed E-state index contributed by atoms with van der Waals surface area (Å²) >= 11 is 0. The Kier molecular flexibility index (Phi) is 6.12. The van der Waals surface area contributed by atoms with E-state index in [1.807, 2.05) is 42.5 Å². The summed E-state index contributed by atoms with van der Waals surface area (Å²) in [5.74, 6) is 0.838. The van der Waals surface area contributed by atoms with Gasteiger partial charge in [0, 0.05) is 43.4 Å². The molecule has 1 saturated heterocycles. The Bertz CT molecular complexity index is 1030. The molecule has 3 aromatic rings. The quantitative estimate of drug-likeness (QED) is 0.673. The van der Waals surface area contributed by atoms with Crippen LogP contribution < -0.4 is 15.8 Å². The number of benzene rings is 1. The number of nitrogens with one attached hydrogen (secondary N) is 1. The molecular weight excluding hydrogens is 380 g/mol. The number of hydrogen-bond donors (Lipinski definition) is 1. The number of carbonyl (C=O) groups is 1. The van der Waals surface area contributed by atoms with Gasteiger partial charge < -0.3 is 10.2 Å². The predicted octanol–water partition coefficient (Wildman–Crippen LogP) is 1.73. The molecule has 8 heteroatoms. The lowest BCUT2D eigenvalue weighted by Crippen LogP contribution is -2.42. The second-order valence-corrected chi connectivity index (χ2v) is 7.28. The molecule has 0 atom stereocenters. The first kappa shape index (κ1) is 19.8. The fourth-order valence-electron chi connectivity index (χ4n) is 3.61. The maximum Gasteiger partial charge on any atom is 0.266 e. The van der Waals surface area contributed by atoms with E-state index in [0.717, 1.165) is 43.0 Å². The first-order chi connectivity index (χ1) is 14.7. The Hall–Kier alpha value is -3.55. The summed E-state index contributed by atoms with van der Waals surface area (Å²) in [4.78, 5) is 26.3. The number of nitrogens with zero attached hydrogens (tertiary/aromatic N) is 5. The van der Waals surface area contributed by atoms with Crippen LogP contribution in [0.4, 0.5) is 5.82 Å². The lowest BCUT2D eigenvalue weighted by Gasteiger charge is -2.31. The minimum absolute atomic E-state index is 0.0294. The maximum absolute atomic E-state index is 12.5. The monoisotopic (exact) mass is 404 g/mol. The molecule has 30 heavy (non-hydrogen) atoms. The fraction of sp³-hybridized carbons (Fsp3) is 0.318. The number of amides is 1. The SMILES string of the molecule is O=C(NCCn1ncccc1=O)C1CCN(c2ccc(-c3ccccc3)nn2)CC1. The zero-order chi connectivity index (χ0) is 20.8. The van der Waals surface area contributed by atoms with Crippen LogP contribution in [-0.4, -0.2) is 45.5 Å². The summed E-state index contributed by atoms with van der Waals surface area (Å²) in [7, 11) is 0. The molecule has 1 amide bonds. The summed E-state index contributed by atoms with van der Waals surface area (Å²) in [5, 5.41) is 15.6. The van der Waals surface area contributed by atoms with Crippen molar-refractivity contribution < 1.29 is 4.79 Å². The molecule has 0 aliphatic carbocycles. The Morgan fingerprint density at radius 2 is 1.80 bits per heavy atom. The topological polar surface area (TPSA) is 93.0 Å². The van der Waals surface area contributed by atoms with E-state index >= 15 is 0 Å². The maximum atomic E-state index is 12.5. The minimum Gasteiger partial charge on any atom is -0.355 e. The van der Waals surface area contributed by atoms with Gasteiger partial charge in [0.2, 0.25) is 5.91 Å². The van der Waals surface area contributed by atoms with E-state index in [4.69, 9.17) is 0 Å². The summed E-state index contributed by atoms with van der Waals surface area (Å²) in [6, 6.07) is 17.0. The zero-order valence-corrected chi connectivity index (χ0v) is 16.6. The van der Waals surface area contributed by atoms with Crippen LogP contribution in [0.25, 0.3) is 11.3 Å². The Labute approximate surface area is 174 Å². The first-order valence-electron chi connectivity index (χ1n) is 10.1. The van der Waals surface area contributed by atoms with Crippen molar-refractivity contribution in [2.75, 3.05) is 24.5 Å². The third-order valence-electron chi connectivity index (χ3n) is 5.32. The minimum atomic E-state index is -0.167. The Morgan fingerprint density at radius 1 is 1.00 bits per heavy atom. The molecule has 0 radical (unpaired) electrons. The predicted molar refractivity (Wildman–Crippen MR) is 114 cm³/mol. The molecule has 4 rings (SSSR count). The van der Waals surface area contributed by atoms with Crippen LogP contribution in [0.1, 0.15) is 12.8 Å². The number of aromatic nitrogens is 4. The average molecular weight is 404 g/mol. The van der Waals surface area contributed by atoms with Crippen LogP contribution in [0, 0.1) is 5.92 Å². The van der Waals surface area contributed by atoms with Crippen LogP contribution in [0.15, 0.2) is 65.6 Å². The summed E-state index contributed by atoms with van der Waals surface area (Å²) in [6.07, 6.45) is 3.09. The second kappa shape index (κ2) is 9.30. The Balaban J connectivity index is 1.26. The highest BCUT2D eigenvalue weighted by atomic mass is 16.2. The molecule has 1 aliphatic heterocycles. The van der Waals surface area contributed by atoms with E-state index in [1.54, 1.807) is 12.3 Å². The number of anilines is 1. The molecule has 1 fully saturated rings. The molecular formula is C22H24N6O2. The van der Waals surface area contributed by atoms with E-state index in [9.17, 15) is 9.59 Å². The smallest absolute Gasteiger partial charge is 0.266 e. The first-order valence-corrected chi connectivity index (χ1v) is 10.1. The van der Waals surface area contributed by atoms with E-state index in [2.05, 4.69) is 25.5 Å². The van der Waals surface area contributed by atoms with Gasteiger partial charge in [-0.15, -0.1) is 10.2 Å². The second-order valence-electron chi connectivity index (χ2n) is 7.28. The van der Waals surface area contributed by atoms with E-state index in [0.29, 0.717) is 13.1 Å². The molecule has 1 aromatic carbocycles. The van der Waals surface area contributed by atoms with Gasteiger partial charge in [-0.2, -0.15) is 5.10 Å². The van der Waals surface area contributed by atoms with Crippen molar-refractivity contribution in [3.63, 3.8) is 0 Å². The van der Waals surface area contributed by atoms with Gasteiger partial charge in [0.15, 0.2) is 5.82 Å². The number of hydrogen-bond acceptors (Lipinski definition) is 6. The number of piperidine rings is 1. The highest BCUT2D eigenvalue weighted by molar-refractivity contribution is 5.78. The molecule has 0 spiro atoms. The lowest BCUT2D eigenvalue weighted by molar-refractivity contribution is -0.125. The number of rotatable bonds is 6. The van der Waals surface area contributed by atoms with Gasteiger partial charge in [-0.25, -0.2) is 4.68 Å². The van der Waals surface area contributed by atoms with Crippen LogP contribution >= 0.6 is 0 Å². The molecule has 1 N–H and O–H groups in total. The van der Waals surface area contributed by atoms with Crippen LogP contribution in [0.5, 0.6) is 0 Å². The van der Waals surface area contributed by atoms with Gasteiger partial charge >= 0.3 is 0 Å². The van der Waals surface area contributed by atoms with Gasteiger partial charge in [-0.3, -0.25) is 9.59 Å². The average Bonchev–Trinajstić information content (AvgIpc) is 2.81. The van der Waals surface area contributed by atoms with Crippen molar-refractivity contribution in [1.29, 1.82) is 0 Å². The summed E-state index contributed by atoms with van der Waals surface area (Å²) in [6.45, 7) is 2.28. The van der Waals surface area contributed by atoms with Crippen molar-refractivity contribution in [2.45, 2.75) is 19.4 Å². The van der Waals surface area contributed by atoms with E-state index < -0.39 is 0 Å². The van der Waals surface area contributed by atoms with Crippen molar-refractivity contribution in [3.05, 3.63) is 71.1 Å². The fourth-order valence-corrected chi connectivity index (χ4v) is 3.61. The van der Waals surface area contributed by atoms with Crippen molar-refractivity contribution in [1.82, 2.24) is 25.3 Å². The highest BCUT2D eigenvalue weighted by Gasteiger charge is 2.25. The molecule has 0 bridgehead atoms. The largest absolute Gasteiger partial charge is 0.355 e. The molecule has 0 unspecified atom stereocenters. The van der Waals surface area contributed by atoms with Gasteiger partial charge in [0.25, 0.3) is 5.56 Å². The standard InChI is InChI=1S/C22H24N6O2/c29-21-7-4-12-24-28(21)16-13-23-22(30)18-10-14-27(15-11-18)20-9-8-19(25-26-20)17-5-2-1-3-6-17/h1-9,12,18H,10-11,13-16H2,(H,23,30). The highest BCUT2D eigenvalue weighted by Crippen LogP contribution is 2.23. The van der Waals surface area contributed by atoms with E-state index in [1.165, 1.54) is 10.7 Å². The molecule has 8 nitrogen and oxygen atoms in total. The lowest BCUT2D eigenvalue weighted by atomic mass is 9.96. The van der Waals surface area contributed by atoms with Crippen molar-refractivity contribution in [2.24, 2.45) is 5.92 Å². The Morgan fingerprint density at radius 3 is 2.50 bits per heavy atom. The zero-order valence-electron chi connectivity index (χ0n) is 16.6. The normalized spacial score (nSPS) is 14.5. The third kappa shape index (κ3) is 4.71. The summed E-state index contributed by atoms with van der Waals surface area (Å²) < 4.78 is 1.35. The van der Waals surface area contributed by atoms with E-state index in [-0.39, 0.29) is 17.4 Å². The molecule has 0 saturated carbocycles. The van der Waals surface area contributed by atoms with Gasteiger partial charge in [0.05, 0.1) is 12.2 Å². The summed E-state index contributed by atoms with van der Waals surface area (Å²) in [5.41, 5.74) is 1.72. The van der Waals surface area contributed by atoms with Crippen molar-refractivity contribution >= 4 is 11.7 Å². The van der Waals surface area contributed by atoms with Crippen LogP contribution in [-0.2, 0) is 11.3 Å². The molecule has 3 heterocycles. The van der Waals surface area contributed by atoms with Crippen LogP contribution in [0.3, 0.4) is 0 Å². The van der Waals surface area contributed by atoms with Crippen LogP contribution in [0.2, 0.25) is 0 Å². The molecule has 1 aliphatic rings. The van der Waals surface area contributed by atoms with Gasteiger partial charge in [-0.05, 0) is 31.0 Å². The third-order valence-corrected chi connectivity index (χ3v) is 5.32. The van der Waals surface area contributed by atoms with Crippen molar-refractivity contribution in [3.8, 4) is 11.3 Å². The van der Waals surface area contributed by atoms with Gasteiger partial charge in [-0.1, -0.05) is 30.3 Å². The molecule has 154 valence electrons. The number of carbonyl (C=O) groups excluding carboxylic acids is 1.